The molecule has 0 spiro atoms. The van der Waals surface area contributed by atoms with Crippen molar-refractivity contribution in [3.8, 4) is 11.8 Å². The number of nitrogens with zero attached hydrogens (tertiary/aromatic N) is 2. The third-order valence-corrected chi connectivity index (χ3v) is 2.88. The summed E-state index contributed by atoms with van der Waals surface area (Å²) in [6, 6.07) is 6.78. The molecule has 102 valence electrons. The van der Waals surface area contributed by atoms with E-state index in [1.54, 1.807) is 13.0 Å². The molecular formula is C14H18N2O3. The highest BCUT2D eigenvalue weighted by atomic mass is 16.6. The monoisotopic (exact) mass is 262 g/mol. The summed E-state index contributed by atoms with van der Waals surface area (Å²) in [7, 11) is 0. The van der Waals surface area contributed by atoms with Gasteiger partial charge in [0.2, 0.25) is 0 Å². The molecule has 0 aromatic heterocycles. The summed E-state index contributed by atoms with van der Waals surface area (Å²) >= 11 is 0. The van der Waals surface area contributed by atoms with Crippen LogP contribution in [0.15, 0.2) is 18.2 Å². The van der Waals surface area contributed by atoms with E-state index in [1.807, 2.05) is 13.8 Å². The van der Waals surface area contributed by atoms with Crippen LogP contribution in [0.25, 0.3) is 0 Å². The van der Waals surface area contributed by atoms with Crippen LogP contribution in [0.1, 0.15) is 32.3 Å². The lowest BCUT2D eigenvalue weighted by Crippen LogP contribution is -2.10. The van der Waals surface area contributed by atoms with Gasteiger partial charge in [-0.1, -0.05) is 0 Å². The third kappa shape index (κ3) is 4.59. The standard InChI is InChI=1S/C14H18N2O3/c1-11-9-12(16(17)18)5-6-13(11)19-8-4-7-14(2,3)10-15/h5-6,9H,4,7-8H2,1-3H3. The quantitative estimate of drug-likeness (QED) is 0.445. The first-order valence-corrected chi connectivity index (χ1v) is 6.15. The lowest BCUT2D eigenvalue weighted by Gasteiger charge is -2.15. The van der Waals surface area contributed by atoms with Crippen LogP contribution in [0, 0.1) is 33.8 Å². The minimum atomic E-state index is -0.424. The van der Waals surface area contributed by atoms with Crippen LogP contribution < -0.4 is 4.74 Å². The average molecular weight is 262 g/mol. The van der Waals surface area contributed by atoms with E-state index in [9.17, 15) is 10.1 Å². The van der Waals surface area contributed by atoms with Gasteiger partial charge < -0.3 is 4.74 Å². The fourth-order valence-electron chi connectivity index (χ4n) is 1.66. The number of aryl methyl sites for hydroxylation is 1. The number of rotatable bonds is 6. The predicted molar refractivity (Wildman–Crippen MR) is 72.0 cm³/mol. The number of hydrogen-bond donors (Lipinski definition) is 0. The summed E-state index contributed by atoms with van der Waals surface area (Å²) in [6.45, 7) is 6.07. The zero-order valence-electron chi connectivity index (χ0n) is 11.5. The Kier molecular flexibility index (Phi) is 4.87. The molecule has 5 nitrogen and oxygen atoms in total. The van der Waals surface area contributed by atoms with Crippen LogP contribution >= 0.6 is 0 Å². The largest absolute Gasteiger partial charge is 0.493 e. The van der Waals surface area contributed by atoms with Gasteiger partial charge in [0.15, 0.2) is 0 Å². The van der Waals surface area contributed by atoms with Crippen molar-refractivity contribution in [2.75, 3.05) is 6.61 Å². The number of nitro groups is 1. The molecule has 0 heterocycles. The molecule has 19 heavy (non-hydrogen) atoms. The first-order valence-electron chi connectivity index (χ1n) is 6.15. The molecule has 0 amide bonds. The smallest absolute Gasteiger partial charge is 0.269 e. The molecule has 0 aliphatic rings. The normalized spacial score (nSPS) is 10.8. The summed E-state index contributed by atoms with van der Waals surface area (Å²) in [6.07, 6.45) is 1.53. The van der Waals surface area contributed by atoms with Gasteiger partial charge in [-0.05, 0) is 45.2 Å². The molecule has 0 aliphatic carbocycles. The highest BCUT2D eigenvalue weighted by molar-refractivity contribution is 5.42. The van der Waals surface area contributed by atoms with Crippen LogP contribution in [0.3, 0.4) is 0 Å². The van der Waals surface area contributed by atoms with Crippen LogP contribution in [-0.4, -0.2) is 11.5 Å². The van der Waals surface area contributed by atoms with Gasteiger partial charge in [0.1, 0.15) is 5.75 Å². The topological polar surface area (TPSA) is 76.2 Å². The summed E-state index contributed by atoms with van der Waals surface area (Å²) in [4.78, 5) is 10.2. The van der Waals surface area contributed by atoms with Crippen molar-refractivity contribution in [2.45, 2.75) is 33.6 Å². The van der Waals surface area contributed by atoms with E-state index in [0.29, 0.717) is 12.4 Å². The number of nitro benzene ring substituents is 1. The molecule has 0 N–H and O–H groups in total. The highest BCUT2D eigenvalue weighted by Gasteiger charge is 2.16. The van der Waals surface area contributed by atoms with E-state index >= 15 is 0 Å². The zero-order valence-corrected chi connectivity index (χ0v) is 11.5. The Morgan fingerprint density at radius 1 is 1.47 bits per heavy atom. The van der Waals surface area contributed by atoms with E-state index < -0.39 is 4.92 Å². The summed E-state index contributed by atoms with van der Waals surface area (Å²) in [5, 5.41) is 19.5. The fourth-order valence-corrected chi connectivity index (χ4v) is 1.66. The molecule has 0 saturated carbocycles. The maximum Gasteiger partial charge on any atom is 0.269 e. The van der Waals surface area contributed by atoms with Crippen LogP contribution in [0.2, 0.25) is 0 Å². The Labute approximate surface area is 113 Å². The van der Waals surface area contributed by atoms with Crippen molar-refractivity contribution < 1.29 is 9.66 Å². The Morgan fingerprint density at radius 2 is 2.16 bits per heavy atom. The molecule has 5 heteroatoms. The Hall–Kier alpha value is -2.09. The van der Waals surface area contributed by atoms with Crippen LogP contribution in [0.4, 0.5) is 5.69 Å². The van der Waals surface area contributed by atoms with Gasteiger partial charge in [-0.3, -0.25) is 10.1 Å². The summed E-state index contributed by atoms with van der Waals surface area (Å²) in [5.41, 5.74) is 0.470. The number of ether oxygens (including phenoxy) is 1. The molecule has 0 bridgehead atoms. The fraction of sp³-hybridized carbons (Fsp3) is 0.500. The molecule has 0 aliphatic heterocycles. The maximum atomic E-state index is 10.6. The Balaban J connectivity index is 2.51. The van der Waals surface area contributed by atoms with Crippen molar-refractivity contribution in [1.82, 2.24) is 0 Å². The van der Waals surface area contributed by atoms with Crippen molar-refractivity contribution in [3.63, 3.8) is 0 Å². The SMILES string of the molecule is Cc1cc([N+](=O)[O-])ccc1OCCCC(C)(C)C#N. The van der Waals surface area contributed by atoms with E-state index in [0.717, 1.165) is 18.4 Å². The molecule has 0 unspecified atom stereocenters. The second-order valence-electron chi connectivity index (χ2n) is 5.15. The van der Waals surface area contributed by atoms with Gasteiger partial charge in [-0.2, -0.15) is 5.26 Å². The molecule has 0 saturated heterocycles. The number of hydrogen-bond acceptors (Lipinski definition) is 4. The minimum Gasteiger partial charge on any atom is -0.493 e. The summed E-state index contributed by atoms with van der Waals surface area (Å²) < 4.78 is 5.58. The second kappa shape index (κ2) is 6.19. The van der Waals surface area contributed by atoms with Crippen molar-refractivity contribution in [1.29, 1.82) is 5.26 Å². The van der Waals surface area contributed by atoms with Gasteiger partial charge in [0, 0.05) is 12.1 Å². The molecule has 1 aromatic carbocycles. The van der Waals surface area contributed by atoms with Crippen molar-refractivity contribution in [2.24, 2.45) is 5.41 Å². The molecular weight excluding hydrogens is 244 g/mol. The second-order valence-corrected chi connectivity index (χ2v) is 5.15. The van der Waals surface area contributed by atoms with Gasteiger partial charge in [-0.15, -0.1) is 0 Å². The van der Waals surface area contributed by atoms with Crippen molar-refractivity contribution in [3.05, 3.63) is 33.9 Å². The highest BCUT2D eigenvalue weighted by Crippen LogP contribution is 2.24. The minimum absolute atomic E-state index is 0.0652. The number of nitriles is 1. The molecule has 0 fully saturated rings. The summed E-state index contributed by atoms with van der Waals surface area (Å²) in [5.74, 6) is 0.653. The van der Waals surface area contributed by atoms with Gasteiger partial charge in [0.25, 0.3) is 5.69 Å². The van der Waals surface area contributed by atoms with E-state index in [1.165, 1.54) is 12.1 Å². The average Bonchev–Trinajstić information content (AvgIpc) is 2.36. The van der Waals surface area contributed by atoms with E-state index in [-0.39, 0.29) is 11.1 Å². The first-order chi connectivity index (χ1) is 8.85. The van der Waals surface area contributed by atoms with Crippen LogP contribution in [-0.2, 0) is 0 Å². The Morgan fingerprint density at radius 3 is 2.68 bits per heavy atom. The first kappa shape index (κ1) is 15.0. The zero-order chi connectivity index (χ0) is 14.5. The van der Waals surface area contributed by atoms with Gasteiger partial charge >= 0.3 is 0 Å². The predicted octanol–water partition coefficient (Wildman–Crippen LogP) is 3.61. The lowest BCUT2D eigenvalue weighted by molar-refractivity contribution is -0.384. The van der Waals surface area contributed by atoms with Gasteiger partial charge in [0.05, 0.1) is 23.0 Å². The van der Waals surface area contributed by atoms with Crippen LogP contribution in [0.5, 0.6) is 5.75 Å². The maximum absolute atomic E-state index is 10.6. The Bertz CT molecular complexity index is 504. The molecule has 0 atom stereocenters. The molecule has 1 aromatic rings. The molecule has 0 radical (unpaired) electrons. The lowest BCUT2D eigenvalue weighted by atomic mass is 9.90. The van der Waals surface area contributed by atoms with E-state index in [4.69, 9.17) is 10.00 Å². The van der Waals surface area contributed by atoms with E-state index in [2.05, 4.69) is 6.07 Å². The molecule has 1 rings (SSSR count). The number of benzene rings is 1. The number of non-ortho nitro benzene ring substituents is 1. The third-order valence-electron chi connectivity index (χ3n) is 2.88. The van der Waals surface area contributed by atoms with Crippen molar-refractivity contribution >= 4 is 5.69 Å². The van der Waals surface area contributed by atoms with Gasteiger partial charge in [-0.25, -0.2) is 0 Å².